The molecule has 1 aliphatic carbocycles. The molecule has 0 heterocycles. The molecule has 60 valence electrons. The first-order valence-electron chi connectivity index (χ1n) is 3.16. The van der Waals surface area contributed by atoms with Gasteiger partial charge in [0.1, 0.15) is 0 Å². The Morgan fingerprint density at radius 1 is 1.55 bits per heavy atom. The van der Waals surface area contributed by atoms with Crippen molar-refractivity contribution in [1.29, 1.82) is 5.41 Å². The molecule has 1 N–H and O–H groups in total. The minimum absolute atomic E-state index is 0.230. The zero-order valence-corrected chi connectivity index (χ0v) is 6.98. The maximum atomic E-state index is 10.9. The van der Waals surface area contributed by atoms with E-state index in [1.54, 1.807) is 6.08 Å². The molecule has 1 aliphatic rings. The molecule has 4 heteroatoms. The highest BCUT2D eigenvalue weighted by Crippen LogP contribution is 2.12. The summed E-state index contributed by atoms with van der Waals surface area (Å²) in [5, 5.41) is 7.21. The van der Waals surface area contributed by atoms with Gasteiger partial charge in [-0.2, -0.15) is 0 Å². The van der Waals surface area contributed by atoms with Crippen LogP contribution in [0.5, 0.6) is 0 Å². The van der Waals surface area contributed by atoms with Crippen molar-refractivity contribution in [3.05, 3.63) is 23.1 Å². The first-order valence-corrected chi connectivity index (χ1v) is 5.05. The second-order valence-corrected chi connectivity index (χ2v) is 4.47. The van der Waals surface area contributed by atoms with Crippen molar-refractivity contribution in [2.75, 3.05) is 6.26 Å². The molecular formula is C7H9NO2S. The van der Waals surface area contributed by atoms with E-state index in [9.17, 15) is 8.42 Å². The molecule has 0 atom stereocenters. The molecule has 0 amide bonds. The molecule has 0 saturated carbocycles. The summed E-state index contributed by atoms with van der Waals surface area (Å²) in [5.74, 6) is 0. The van der Waals surface area contributed by atoms with Gasteiger partial charge in [0, 0.05) is 18.4 Å². The van der Waals surface area contributed by atoms with Gasteiger partial charge in [0.25, 0.3) is 0 Å². The van der Waals surface area contributed by atoms with E-state index in [2.05, 4.69) is 0 Å². The Labute approximate surface area is 65.9 Å². The highest BCUT2D eigenvalue weighted by Gasteiger charge is 2.10. The maximum absolute atomic E-state index is 10.9. The molecule has 0 radical (unpaired) electrons. The van der Waals surface area contributed by atoms with Crippen LogP contribution in [0.15, 0.2) is 23.1 Å². The topological polar surface area (TPSA) is 58.0 Å². The standard InChI is InChI=1S/C7H9NO2S/c1-11(9,10)7-4-2-3-6(8)5-7/h2,4-5,8H,3H2,1H3. The van der Waals surface area contributed by atoms with Crippen molar-refractivity contribution in [3.63, 3.8) is 0 Å². The Balaban J connectivity index is 3.08. The molecule has 3 nitrogen and oxygen atoms in total. The summed E-state index contributed by atoms with van der Waals surface area (Å²) in [6, 6.07) is 0. The lowest BCUT2D eigenvalue weighted by atomic mass is 10.2. The van der Waals surface area contributed by atoms with Gasteiger partial charge in [-0.25, -0.2) is 8.42 Å². The van der Waals surface area contributed by atoms with Gasteiger partial charge < -0.3 is 5.41 Å². The van der Waals surface area contributed by atoms with E-state index in [1.807, 2.05) is 0 Å². The highest BCUT2D eigenvalue weighted by molar-refractivity contribution is 7.94. The summed E-state index contributed by atoms with van der Waals surface area (Å²) >= 11 is 0. The normalized spacial score (nSPS) is 18.3. The van der Waals surface area contributed by atoms with E-state index in [0.29, 0.717) is 12.1 Å². The average molecular weight is 171 g/mol. The van der Waals surface area contributed by atoms with E-state index in [-0.39, 0.29) is 4.91 Å². The molecule has 0 fully saturated rings. The molecular weight excluding hydrogens is 162 g/mol. The molecule has 0 saturated heterocycles. The van der Waals surface area contributed by atoms with Gasteiger partial charge in [0.05, 0.1) is 4.91 Å². The van der Waals surface area contributed by atoms with Crippen molar-refractivity contribution in [1.82, 2.24) is 0 Å². The lowest BCUT2D eigenvalue weighted by molar-refractivity contribution is 0.608. The number of nitrogens with one attached hydrogen (secondary N) is 1. The van der Waals surface area contributed by atoms with E-state index >= 15 is 0 Å². The van der Waals surface area contributed by atoms with Crippen molar-refractivity contribution >= 4 is 15.5 Å². The van der Waals surface area contributed by atoms with Gasteiger partial charge in [-0.15, -0.1) is 0 Å². The van der Waals surface area contributed by atoms with Crippen LogP contribution in [0, 0.1) is 5.41 Å². The lowest BCUT2D eigenvalue weighted by Crippen LogP contribution is -2.04. The smallest absolute Gasteiger partial charge is 0.175 e. The monoisotopic (exact) mass is 171 g/mol. The summed E-state index contributed by atoms with van der Waals surface area (Å²) in [7, 11) is -3.13. The van der Waals surface area contributed by atoms with Crippen molar-refractivity contribution in [2.45, 2.75) is 6.42 Å². The van der Waals surface area contributed by atoms with Crippen LogP contribution in [0.25, 0.3) is 0 Å². The number of hydrogen-bond acceptors (Lipinski definition) is 3. The Bertz CT molecular complexity index is 335. The minimum atomic E-state index is -3.13. The summed E-state index contributed by atoms with van der Waals surface area (Å²) in [6.45, 7) is 0. The van der Waals surface area contributed by atoms with Gasteiger partial charge in [0.15, 0.2) is 9.84 Å². The lowest BCUT2D eigenvalue weighted by Gasteiger charge is -2.04. The fourth-order valence-electron chi connectivity index (χ4n) is 0.811. The first kappa shape index (κ1) is 8.20. The number of sulfone groups is 1. The Kier molecular flexibility index (Phi) is 1.95. The fraction of sp³-hybridized carbons (Fsp3) is 0.286. The van der Waals surface area contributed by atoms with E-state index in [4.69, 9.17) is 5.41 Å². The molecule has 0 unspecified atom stereocenters. The van der Waals surface area contributed by atoms with Gasteiger partial charge in [-0.05, 0) is 12.2 Å². The van der Waals surface area contributed by atoms with E-state index in [0.717, 1.165) is 6.26 Å². The average Bonchev–Trinajstić information content (AvgIpc) is 1.86. The first-order chi connectivity index (χ1) is 5.00. The Morgan fingerprint density at radius 2 is 2.18 bits per heavy atom. The van der Waals surface area contributed by atoms with Crippen LogP contribution >= 0.6 is 0 Å². The van der Waals surface area contributed by atoms with E-state index in [1.165, 1.54) is 12.2 Å². The second-order valence-electron chi connectivity index (χ2n) is 2.45. The summed E-state index contributed by atoms with van der Waals surface area (Å²) < 4.78 is 21.8. The molecule has 11 heavy (non-hydrogen) atoms. The van der Waals surface area contributed by atoms with Crippen LogP contribution in [0.4, 0.5) is 0 Å². The van der Waals surface area contributed by atoms with Crippen molar-refractivity contribution in [2.24, 2.45) is 0 Å². The molecule has 0 bridgehead atoms. The van der Waals surface area contributed by atoms with Crippen LogP contribution < -0.4 is 0 Å². The SMILES string of the molecule is CS(=O)(=O)C1=CC(=N)CC=C1. The third-order valence-electron chi connectivity index (χ3n) is 1.36. The van der Waals surface area contributed by atoms with Gasteiger partial charge in [0.2, 0.25) is 0 Å². The number of allylic oxidation sites excluding steroid dienone is 3. The van der Waals surface area contributed by atoms with Crippen LogP contribution in [-0.4, -0.2) is 20.4 Å². The zero-order chi connectivity index (χ0) is 8.48. The minimum Gasteiger partial charge on any atom is -0.305 e. The molecule has 1 rings (SSSR count). The number of hydrogen-bond donors (Lipinski definition) is 1. The van der Waals surface area contributed by atoms with Crippen LogP contribution in [-0.2, 0) is 9.84 Å². The van der Waals surface area contributed by atoms with Crippen LogP contribution in [0.1, 0.15) is 6.42 Å². The second kappa shape index (κ2) is 2.62. The zero-order valence-electron chi connectivity index (χ0n) is 6.16. The predicted molar refractivity (Wildman–Crippen MR) is 44.4 cm³/mol. The molecule has 0 aromatic carbocycles. The molecule has 0 aromatic rings. The Hall–Kier alpha value is -0.900. The molecule has 0 aliphatic heterocycles. The Morgan fingerprint density at radius 3 is 2.55 bits per heavy atom. The van der Waals surface area contributed by atoms with Crippen LogP contribution in [0.2, 0.25) is 0 Å². The van der Waals surface area contributed by atoms with Gasteiger partial charge in [-0.1, -0.05) is 6.08 Å². The largest absolute Gasteiger partial charge is 0.305 e. The molecule has 0 aromatic heterocycles. The van der Waals surface area contributed by atoms with Crippen molar-refractivity contribution < 1.29 is 8.42 Å². The van der Waals surface area contributed by atoms with Crippen LogP contribution in [0.3, 0.4) is 0 Å². The predicted octanol–water partition coefficient (Wildman–Crippen LogP) is 0.895. The third-order valence-corrected chi connectivity index (χ3v) is 2.47. The fourth-order valence-corrected chi connectivity index (χ4v) is 1.51. The highest BCUT2D eigenvalue weighted by atomic mass is 32.2. The molecule has 0 spiro atoms. The number of rotatable bonds is 1. The van der Waals surface area contributed by atoms with Gasteiger partial charge >= 0.3 is 0 Å². The quantitative estimate of drug-likeness (QED) is 0.637. The van der Waals surface area contributed by atoms with Gasteiger partial charge in [-0.3, -0.25) is 0 Å². The summed E-state index contributed by atoms with van der Waals surface area (Å²) in [5.41, 5.74) is 0.341. The summed E-state index contributed by atoms with van der Waals surface area (Å²) in [4.78, 5) is 0.230. The van der Waals surface area contributed by atoms with Crippen molar-refractivity contribution in [3.8, 4) is 0 Å². The third kappa shape index (κ3) is 2.01. The maximum Gasteiger partial charge on any atom is 0.175 e. The summed E-state index contributed by atoms with van der Waals surface area (Å²) in [6.07, 6.45) is 6.27. The van der Waals surface area contributed by atoms with E-state index < -0.39 is 9.84 Å².